The molecule has 7 heteroatoms. The highest BCUT2D eigenvalue weighted by Gasteiger charge is 2.25. The van der Waals surface area contributed by atoms with E-state index in [4.69, 9.17) is 11.6 Å². The molecule has 1 saturated heterocycles. The first-order valence-corrected chi connectivity index (χ1v) is 10.0. The molecule has 1 heterocycles. The van der Waals surface area contributed by atoms with Crippen LogP contribution in [0.5, 0.6) is 0 Å². The lowest BCUT2D eigenvalue weighted by atomic mass is 10.1. The summed E-state index contributed by atoms with van der Waals surface area (Å²) in [5, 5.41) is 6.65. The van der Waals surface area contributed by atoms with E-state index in [1.165, 1.54) is 9.80 Å². The van der Waals surface area contributed by atoms with Crippen molar-refractivity contribution in [2.24, 2.45) is 0 Å². The summed E-state index contributed by atoms with van der Waals surface area (Å²) in [5.74, 6) is 0.0967. The lowest BCUT2D eigenvalue weighted by Crippen LogP contribution is -3.18. The number of nitrogens with one attached hydrogen (secondary N) is 4. The molecule has 1 aliphatic heterocycles. The third kappa shape index (κ3) is 7.48. The standard InChI is InChI=1S/C20H31ClN4O2/c1-15-16(21)7-5-8-17(15)22-18(26)13-24-9-6-10-25(12-11-24)14-19(27)23-20(2,3)4/h5,7-8H,6,9-14H2,1-4H3,(H,22,26)(H,23,27)/p+2. The van der Waals surface area contributed by atoms with Crippen LogP contribution in [-0.2, 0) is 9.59 Å². The minimum Gasteiger partial charge on any atom is -0.347 e. The molecule has 1 aromatic rings. The average Bonchev–Trinajstić information content (AvgIpc) is 2.75. The topological polar surface area (TPSA) is 67.1 Å². The van der Waals surface area contributed by atoms with Crippen LogP contribution in [0.4, 0.5) is 5.69 Å². The minimum atomic E-state index is -0.198. The monoisotopic (exact) mass is 396 g/mol. The van der Waals surface area contributed by atoms with Crippen molar-refractivity contribution < 1.29 is 19.4 Å². The SMILES string of the molecule is Cc1c(Cl)cccc1NC(=O)C[NH+]1CCC[NH+](CC(=O)NC(C)(C)C)CC1. The molecule has 0 spiro atoms. The Morgan fingerprint density at radius 1 is 1.04 bits per heavy atom. The van der Waals surface area contributed by atoms with Crippen molar-refractivity contribution in [1.82, 2.24) is 5.32 Å². The molecule has 4 N–H and O–H groups in total. The van der Waals surface area contributed by atoms with E-state index in [-0.39, 0.29) is 17.4 Å². The van der Waals surface area contributed by atoms with Crippen molar-refractivity contribution in [1.29, 1.82) is 0 Å². The number of rotatable bonds is 5. The summed E-state index contributed by atoms with van der Waals surface area (Å²) in [7, 11) is 0. The van der Waals surface area contributed by atoms with Crippen LogP contribution in [0.25, 0.3) is 0 Å². The van der Waals surface area contributed by atoms with Gasteiger partial charge in [0, 0.05) is 22.7 Å². The van der Waals surface area contributed by atoms with Crippen LogP contribution in [0.15, 0.2) is 18.2 Å². The zero-order chi connectivity index (χ0) is 20.0. The van der Waals surface area contributed by atoms with Gasteiger partial charge in [0.25, 0.3) is 11.8 Å². The molecule has 27 heavy (non-hydrogen) atoms. The molecule has 0 aliphatic carbocycles. The Morgan fingerprint density at radius 2 is 1.63 bits per heavy atom. The molecule has 0 bridgehead atoms. The van der Waals surface area contributed by atoms with Crippen LogP contribution < -0.4 is 20.4 Å². The largest absolute Gasteiger partial charge is 0.347 e. The van der Waals surface area contributed by atoms with Gasteiger partial charge in [0.2, 0.25) is 0 Å². The Kier molecular flexibility index (Phi) is 7.65. The minimum absolute atomic E-state index is 0.00397. The van der Waals surface area contributed by atoms with Crippen LogP contribution in [0.3, 0.4) is 0 Å². The van der Waals surface area contributed by atoms with E-state index in [1.807, 2.05) is 45.9 Å². The molecular weight excluding hydrogens is 364 g/mol. The first kappa shape index (κ1) is 21.7. The molecule has 150 valence electrons. The van der Waals surface area contributed by atoms with Crippen molar-refractivity contribution in [2.75, 3.05) is 44.6 Å². The molecule has 0 saturated carbocycles. The highest BCUT2D eigenvalue weighted by molar-refractivity contribution is 6.31. The Labute approximate surface area is 167 Å². The highest BCUT2D eigenvalue weighted by atomic mass is 35.5. The van der Waals surface area contributed by atoms with Crippen LogP contribution in [0, 0.1) is 6.92 Å². The smallest absolute Gasteiger partial charge is 0.279 e. The number of carbonyl (C=O) groups excluding carboxylic acids is 2. The molecule has 1 aromatic carbocycles. The summed E-state index contributed by atoms with van der Waals surface area (Å²) < 4.78 is 0. The van der Waals surface area contributed by atoms with Gasteiger partial charge in [-0.05, 0) is 45.4 Å². The Morgan fingerprint density at radius 3 is 2.22 bits per heavy atom. The molecule has 1 aliphatic rings. The fourth-order valence-corrected chi connectivity index (χ4v) is 3.57. The summed E-state index contributed by atoms with van der Waals surface area (Å²) in [4.78, 5) is 27.1. The van der Waals surface area contributed by atoms with Gasteiger partial charge in [-0.25, -0.2) is 0 Å². The Hall–Kier alpha value is -1.63. The van der Waals surface area contributed by atoms with Gasteiger partial charge in [0.05, 0.1) is 13.1 Å². The van der Waals surface area contributed by atoms with Crippen molar-refractivity contribution in [2.45, 2.75) is 39.7 Å². The second-order valence-electron chi connectivity index (χ2n) is 8.47. The van der Waals surface area contributed by atoms with Crippen molar-refractivity contribution in [3.8, 4) is 0 Å². The quantitative estimate of drug-likeness (QED) is 0.551. The molecule has 2 rings (SSSR count). The van der Waals surface area contributed by atoms with E-state index < -0.39 is 0 Å². The summed E-state index contributed by atoms with van der Waals surface area (Å²) in [6.45, 7) is 12.5. The Balaban J connectivity index is 1.81. The molecule has 2 amide bonds. The van der Waals surface area contributed by atoms with Gasteiger partial charge in [-0.3, -0.25) is 9.59 Å². The lowest BCUT2D eigenvalue weighted by Gasteiger charge is -2.22. The summed E-state index contributed by atoms with van der Waals surface area (Å²) in [6.07, 6.45) is 1.01. The van der Waals surface area contributed by atoms with E-state index in [0.29, 0.717) is 18.1 Å². The third-order valence-electron chi connectivity index (χ3n) is 4.77. The molecule has 0 aromatic heterocycles. The highest BCUT2D eigenvalue weighted by Crippen LogP contribution is 2.22. The van der Waals surface area contributed by atoms with Gasteiger partial charge in [0.1, 0.15) is 13.1 Å². The van der Waals surface area contributed by atoms with Crippen molar-refractivity contribution >= 4 is 29.1 Å². The molecule has 6 nitrogen and oxygen atoms in total. The predicted molar refractivity (Wildman–Crippen MR) is 108 cm³/mol. The van der Waals surface area contributed by atoms with E-state index in [2.05, 4.69) is 10.6 Å². The second kappa shape index (κ2) is 9.53. The maximum Gasteiger partial charge on any atom is 0.279 e. The van der Waals surface area contributed by atoms with E-state index in [9.17, 15) is 9.59 Å². The first-order chi connectivity index (χ1) is 12.6. The van der Waals surface area contributed by atoms with E-state index >= 15 is 0 Å². The number of halogens is 1. The number of amides is 2. The fraction of sp³-hybridized carbons (Fsp3) is 0.600. The molecular formula is C20H33ClN4O2+2. The molecule has 2 atom stereocenters. The number of quaternary nitrogens is 2. The number of benzene rings is 1. The van der Waals surface area contributed by atoms with Crippen LogP contribution in [0.1, 0.15) is 32.8 Å². The molecule has 2 unspecified atom stereocenters. The van der Waals surface area contributed by atoms with Crippen LogP contribution in [0.2, 0.25) is 5.02 Å². The van der Waals surface area contributed by atoms with Gasteiger partial charge in [-0.1, -0.05) is 17.7 Å². The second-order valence-corrected chi connectivity index (χ2v) is 8.87. The van der Waals surface area contributed by atoms with Gasteiger partial charge in [-0.2, -0.15) is 0 Å². The maximum absolute atomic E-state index is 12.4. The van der Waals surface area contributed by atoms with Gasteiger partial charge >= 0.3 is 0 Å². The van der Waals surface area contributed by atoms with Gasteiger partial charge in [-0.15, -0.1) is 0 Å². The van der Waals surface area contributed by atoms with Gasteiger partial charge < -0.3 is 20.4 Å². The van der Waals surface area contributed by atoms with Crippen molar-refractivity contribution in [3.05, 3.63) is 28.8 Å². The lowest BCUT2D eigenvalue weighted by molar-refractivity contribution is -0.930. The van der Waals surface area contributed by atoms with E-state index in [1.54, 1.807) is 0 Å². The Bertz CT molecular complexity index is 672. The third-order valence-corrected chi connectivity index (χ3v) is 5.18. The normalized spacial score (nSPS) is 20.6. The van der Waals surface area contributed by atoms with Crippen LogP contribution >= 0.6 is 11.6 Å². The summed E-state index contributed by atoms with van der Waals surface area (Å²) >= 11 is 6.12. The van der Waals surface area contributed by atoms with Gasteiger partial charge in [0.15, 0.2) is 13.1 Å². The first-order valence-electron chi connectivity index (χ1n) is 9.67. The fourth-order valence-electron chi connectivity index (χ4n) is 3.40. The molecule has 1 fully saturated rings. The number of anilines is 1. The van der Waals surface area contributed by atoms with Crippen molar-refractivity contribution in [3.63, 3.8) is 0 Å². The van der Waals surface area contributed by atoms with Crippen LogP contribution in [-0.4, -0.2) is 56.6 Å². The summed E-state index contributed by atoms with van der Waals surface area (Å²) in [5.41, 5.74) is 1.46. The average molecular weight is 397 g/mol. The maximum atomic E-state index is 12.4. The molecule has 0 radical (unpaired) electrons. The zero-order valence-corrected chi connectivity index (χ0v) is 17.6. The predicted octanol–water partition coefficient (Wildman–Crippen LogP) is -0.325. The number of carbonyl (C=O) groups is 2. The van der Waals surface area contributed by atoms with E-state index in [0.717, 1.165) is 43.9 Å². The number of hydrogen-bond donors (Lipinski definition) is 4. The summed E-state index contributed by atoms with van der Waals surface area (Å²) in [6, 6.07) is 5.53. The number of hydrogen-bond acceptors (Lipinski definition) is 2. The zero-order valence-electron chi connectivity index (χ0n) is 16.9.